The fourth-order valence-electron chi connectivity index (χ4n) is 1.98. The van der Waals surface area contributed by atoms with Crippen LogP contribution in [-0.4, -0.2) is 28.0 Å². The SMILES string of the molecule is Cc1ccc2cc(C(=O)NC(C)CC(=O)O)[nH]c2c1. The van der Waals surface area contributed by atoms with E-state index in [9.17, 15) is 9.59 Å². The van der Waals surface area contributed by atoms with Gasteiger partial charge in [0.1, 0.15) is 5.69 Å². The Balaban J connectivity index is 2.15. The Kier molecular flexibility index (Phi) is 3.55. The van der Waals surface area contributed by atoms with Gasteiger partial charge in [0, 0.05) is 16.9 Å². The zero-order valence-corrected chi connectivity index (χ0v) is 10.9. The molecule has 0 aliphatic heterocycles. The van der Waals surface area contributed by atoms with Crippen molar-refractivity contribution in [2.75, 3.05) is 0 Å². The molecular weight excluding hydrogens is 244 g/mol. The zero-order chi connectivity index (χ0) is 14.0. The molecule has 0 aliphatic carbocycles. The number of carboxylic acids is 1. The average Bonchev–Trinajstić information content (AvgIpc) is 2.70. The minimum absolute atomic E-state index is 0.0922. The van der Waals surface area contributed by atoms with Gasteiger partial charge in [-0.1, -0.05) is 12.1 Å². The molecule has 19 heavy (non-hydrogen) atoms. The van der Waals surface area contributed by atoms with Crippen LogP contribution >= 0.6 is 0 Å². The molecule has 3 N–H and O–H groups in total. The summed E-state index contributed by atoms with van der Waals surface area (Å²) in [4.78, 5) is 25.5. The molecular formula is C14H16N2O3. The van der Waals surface area contributed by atoms with E-state index in [1.54, 1.807) is 13.0 Å². The average molecular weight is 260 g/mol. The van der Waals surface area contributed by atoms with Crippen molar-refractivity contribution >= 4 is 22.8 Å². The van der Waals surface area contributed by atoms with Crippen LogP contribution in [0.5, 0.6) is 0 Å². The molecule has 1 unspecified atom stereocenters. The first-order valence-corrected chi connectivity index (χ1v) is 6.08. The van der Waals surface area contributed by atoms with Crippen LogP contribution in [0, 0.1) is 6.92 Å². The first kappa shape index (κ1) is 13.1. The number of carbonyl (C=O) groups excluding carboxylic acids is 1. The van der Waals surface area contributed by atoms with Gasteiger partial charge in [0.05, 0.1) is 6.42 Å². The van der Waals surface area contributed by atoms with Crippen LogP contribution in [0.15, 0.2) is 24.3 Å². The Labute approximate surface area is 110 Å². The summed E-state index contributed by atoms with van der Waals surface area (Å²) in [5, 5.41) is 12.3. The number of rotatable bonds is 4. The van der Waals surface area contributed by atoms with Gasteiger partial charge in [-0.05, 0) is 31.5 Å². The fraction of sp³-hybridized carbons (Fsp3) is 0.286. The number of aromatic nitrogens is 1. The summed E-state index contributed by atoms with van der Waals surface area (Å²) < 4.78 is 0. The summed E-state index contributed by atoms with van der Waals surface area (Å²) in [6, 6.07) is 7.24. The smallest absolute Gasteiger partial charge is 0.305 e. The van der Waals surface area contributed by atoms with Gasteiger partial charge in [0.2, 0.25) is 0 Å². The zero-order valence-electron chi connectivity index (χ0n) is 10.9. The van der Waals surface area contributed by atoms with Gasteiger partial charge in [-0.15, -0.1) is 0 Å². The Morgan fingerprint density at radius 3 is 2.79 bits per heavy atom. The lowest BCUT2D eigenvalue weighted by atomic mass is 10.2. The molecule has 5 heteroatoms. The van der Waals surface area contributed by atoms with Crippen molar-refractivity contribution in [2.45, 2.75) is 26.3 Å². The van der Waals surface area contributed by atoms with Gasteiger partial charge in [-0.25, -0.2) is 0 Å². The summed E-state index contributed by atoms with van der Waals surface area (Å²) in [6.07, 6.45) is -0.0922. The molecule has 100 valence electrons. The first-order chi connectivity index (χ1) is 8.95. The standard InChI is InChI=1S/C14H16N2O3/c1-8-3-4-10-7-12(16-11(10)5-8)14(19)15-9(2)6-13(17)18/h3-5,7,9,16H,6H2,1-2H3,(H,15,19)(H,17,18). The van der Waals surface area contributed by atoms with Crippen LogP contribution in [0.25, 0.3) is 10.9 Å². The first-order valence-electron chi connectivity index (χ1n) is 6.08. The summed E-state index contributed by atoms with van der Waals surface area (Å²) in [7, 11) is 0. The van der Waals surface area contributed by atoms with Crippen molar-refractivity contribution in [3.05, 3.63) is 35.5 Å². The number of fused-ring (bicyclic) bond motifs is 1. The molecule has 0 fully saturated rings. The van der Waals surface area contributed by atoms with Crippen molar-refractivity contribution in [3.8, 4) is 0 Å². The van der Waals surface area contributed by atoms with Gasteiger partial charge in [0.25, 0.3) is 5.91 Å². The third-order valence-electron chi connectivity index (χ3n) is 2.88. The molecule has 0 spiro atoms. The Hall–Kier alpha value is -2.30. The molecule has 0 saturated carbocycles. The molecule has 2 aromatic rings. The van der Waals surface area contributed by atoms with E-state index in [4.69, 9.17) is 5.11 Å². The van der Waals surface area contributed by atoms with E-state index in [0.717, 1.165) is 16.5 Å². The number of benzene rings is 1. The molecule has 2 rings (SSSR count). The summed E-state index contributed by atoms with van der Waals surface area (Å²) in [6.45, 7) is 3.65. The highest BCUT2D eigenvalue weighted by molar-refractivity contribution is 5.98. The largest absolute Gasteiger partial charge is 0.481 e. The molecule has 0 aliphatic rings. The number of aryl methyl sites for hydroxylation is 1. The lowest BCUT2D eigenvalue weighted by Gasteiger charge is -2.10. The molecule has 0 bridgehead atoms. The summed E-state index contributed by atoms with van der Waals surface area (Å²) in [5.41, 5.74) is 2.45. The normalized spacial score (nSPS) is 12.3. The highest BCUT2D eigenvalue weighted by Gasteiger charge is 2.14. The lowest BCUT2D eigenvalue weighted by molar-refractivity contribution is -0.137. The number of hydrogen-bond acceptors (Lipinski definition) is 2. The van der Waals surface area contributed by atoms with Crippen molar-refractivity contribution in [3.63, 3.8) is 0 Å². The van der Waals surface area contributed by atoms with Crippen molar-refractivity contribution in [2.24, 2.45) is 0 Å². The maximum atomic E-state index is 12.0. The molecule has 0 radical (unpaired) electrons. The number of aliphatic carboxylic acids is 1. The third kappa shape index (κ3) is 3.13. The van der Waals surface area contributed by atoms with E-state index in [0.29, 0.717) is 5.69 Å². The Morgan fingerprint density at radius 2 is 2.11 bits per heavy atom. The number of carbonyl (C=O) groups is 2. The fourth-order valence-corrected chi connectivity index (χ4v) is 1.98. The highest BCUT2D eigenvalue weighted by atomic mass is 16.4. The molecule has 1 heterocycles. The van der Waals surface area contributed by atoms with Gasteiger partial charge in [-0.3, -0.25) is 9.59 Å². The number of H-pyrrole nitrogens is 1. The van der Waals surface area contributed by atoms with Gasteiger partial charge >= 0.3 is 5.97 Å². The number of aromatic amines is 1. The minimum Gasteiger partial charge on any atom is -0.481 e. The second-order valence-corrected chi connectivity index (χ2v) is 4.75. The van der Waals surface area contributed by atoms with E-state index >= 15 is 0 Å². The predicted octanol–water partition coefficient (Wildman–Crippen LogP) is 2.07. The number of amides is 1. The van der Waals surface area contributed by atoms with E-state index in [2.05, 4.69) is 10.3 Å². The van der Waals surface area contributed by atoms with Gasteiger partial charge < -0.3 is 15.4 Å². The van der Waals surface area contributed by atoms with Crippen LogP contribution in [0.4, 0.5) is 0 Å². The quantitative estimate of drug-likeness (QED) is 0.787. The van der Waals surface area contributed by atoms with Gasteiger partial charge in [0.15, 0.2) is 0 Å². The molecule has 1 amide bonds. The molecule has 5 nitrogen and oxygen atoms in total. The van der Waals surface area contributed by atoms with E-state index < -0.39 is 12.0 Å². The Bertz CT molecular complexity index is 631. The summed E-state index contributed by atoms with van der Waals surface area (Å²) in [5.74, 6) is -1.22. The van der Waals surface area contributed by atoms with Crippen LogP contribution in [-0.2, 0) is 4.79 Å². The lowest BCUT2D eigenvalue weighted by Crippen LogP contribution is -2.34. The molecule has 1 aromatic carbocycles. The van der Waals surface area contributed by atoms with Crippen molar-refractivity contribution in [1.29, 1.82) is 0 Å². The van der Waals surface area contributed by atoms with Crippen LogP contribution in [0.2, 0.25) is 0 Å². The predicted molar refractivity (Wildman–Crippen MR) is 72.2 cm³/mol. The maximum absolute atomic E-state index is 12.0. The van der Waals surface area contributed by atoms with Crippen LogP contribution < -0.4 is 5.32 Å². The van der Waals surface area contributed by atoms with E-state index in [1.165, 1.54) is 0 Å². The van der Waals surface area contributed by atoms with Gasteiger partial charge in [-0.2, -0.15) is 0 Å². The van der Waals surface area contributed by atoms with E-state index in [1.807, 2.05) is 25.1 Å². The maximum Gasteiger partial charge on any atom is 0.305 e. The highest BCUT2D eigenvalue weighted by Crippen LogP contribution is 2.16. The number of carboxylic acid groups (broad SMARTS) is 1. The number of hydrogen-bond donors (Lipinski definition) is 3. The minimum atomic E-state index is -0.930. The van der Waals surface area contributed by atoms with Crippen LogP contribution in [0.1, 0.15) is 29.4 Å². The second kappa shape index (κ2) is 5.14. The topological polar surface area (TPSA) is 82.2 Å². The third-order valence-corrected chi connectivity index (χ3v) is 2.88. The number of nitrogens with one attached hydrogen (secondary N) is 2. The monoisotopic (exact) mass is 260 g/mol. The molecule has 1 aromatic heterocycles. The summed E-state index contributed by atoms with van der Waals surface area (Å²) >= 11 is 0. The molecule has 1 atom stereocenters. The van der Waals surface area contributed by atoms with E-state index in [-0.39, 0.29) is 12.3 Å². The van der Waals surface area contributed by atoms with Crippen molar-refractivity contribution in [1.82, 2.24) is 10.3 Å². The molecule has 0 saturated heterocycles. The van der Waals surface area contributed by atoms with Crippen molar-refractivity contribution < 1.29 is 14.7 Å². The second-order valence-electron chi connectivity index (χ2n) is 4.75. The Morgan fingerprint density at radius 1 is 1.37 bits per heavy atom. The van der Waals surface area contributed by atoms with Crippen LogP contribution in [0.3, 0.4) is 0 Å².